The molecule has 0 aliphatic rings. The fourth-order valence-corrected chi connectivity index (χ4v) is 1.84. The third kappa shape index (κ3) is 3.83. The molecule has 6 nitrogen and oxygen atoms in total. The van der Waals surface area contributed by atoms with Crippen LogP contribution in [0.15, 0.2) is 30.5 Å². The summed E-state index contributed by atoms with van der Waals surface area (Å²) in [5, 5.41) is 2.03. The number of hydrogen-bond acceptors (Lipinski definition) is 4. The van der Waals surface area contributed by atoms with Crippen LogP contribution >= 0.6 is 0 Å². The molecule has 0 bridgehead atoms. The standard InChI is InChI=1S/C16H14F2N2O4/c1-8(21)10-6-13(19-7-10)16(23)24-9(2)15(22)20-14-11(17)4-3-5-12(14)18/h3-7,9,19H,1-2H3,(H,20,22)/t9-/m0/s1. The summed E-state index contributed by atoms with van der Waals surface area (Å²) >= 11 is 0. The Kier molecular flexibility index (Phi) is 5.08. The molecule has 8 heteroatoms. The van der Waals surface area contributed by atoms with Crippen LogP contribution in [0.3, 0.4) is 0 Å². The monoisotopic (exact) mass is 336 g/mol. The normalized spacial score (nSPS) is 11.7. The van der Waals surface area contributed by atoms with E-state index in [4.69, 9.17) is 4.74 Å². The minimum Gasteiger partial charge on any atom is -0.448 e. The van der Waals surface area contributed by atoms with Crippen LogP contribution in [-0.2, 0) is 9.53 Å². The van der Waals surface area contributed by atoms with Gasteiger partial charge in [-0.25, -0.2) is 13.6 Å². The molecule has 0 aliphatic heterocycles. The summed E-state index contributed by atoms with van der Waals surface area (Å²) in [5.74, 6) is -3.91. The van der Waals surface area contributed by atoms with Crippen LogP contribution in [0.2, 0.25) is 0 Å². The largest absolute Gasteiger partial charge is 0.448 e. The Morgan fingerprint density at radius 2 is 1.83 bits per heavy atom. The lowest BCUT2D eigenvalue weighted by Crippen LogP contribution is -2.30. The molecule has 1 aromatic carbocycles. The molecule has 126 valence electrons. The summed E-state index contributed by atoms with van der Waals surface area (Å²) in [6, 6.07) is 4.41. The molecule has 2 rings (SSSR count). The first-order chi connectivity index (χ1) is 11.3. The number of para-hydroxylation sites is 1. The summed E-state index contributed by atoms with van der Waals surface area (Å²) in [5.41, 5.74) is -0.353. The smallest absolute Gasteiger partial charge is 0.355 e. The maximum atomic E-state index is 13.5. The minimum absolute atomic E-state index is 0.0167. The average Bonchev–Trinajstić information content (AvgIpc) is 3.01. The number of carbonyl (C=O) groups is 3. The van der Waals surface area contributed by atoms with Crippen molar-refractivity contribution in [3.05, 3.63) is 53.4 Å². The van der Waals surface area contributed by atoms with Gasteiger partial charge in [0.1, 0.15) is 23.0 Å². The molecular formula is C16H14F2N2O4. The highest BCUT2D eigenvalue weighted by Crippen LogP contribution is 2.18. The minimum atomic E-state index is -1.31. The number of Topliss-reactive ketones (excluding diaryl/α,β-unsaturated/α-hetero) is 1. The number of benzene rings is 1. The van der Waals surface area contributed by atoms with Gasteiger partial charge in [-0.05, 0) is 32.0 Å². The van der Waals surface area contributed by atoms with Gasteiger partial charge >= 0.3 is 5.97 Å². The Hall–Kier alpha value is -3.03. The number of hydrogen-bond donors (Lipinski definition) is 2. The Balaban J connectivity index is 2.03. The summed E-state index contributed by atoms with van der Waals surface area (Å²) < 4.78 is 31.9. The van der Waals surface area contributed by atoms with Crippen LogP contribution in [0.1, 0.15) is 34.7 Å². The number of aromatic nitrogens is 1. The Bertz CT molecular complexity index is 781. The number of esters is 1. The van der Waals surface area contributed by atoms with Crippen molar-refractivity contribution < 1.29 is 27.9 Å². The number of rotatable bonds is 5. The molecule has 1 aromatic heterocycles. The molecule has 0 aliphatic carbocycles. The van der Waals surface area contributed by atoms with Crippen molar-refractivity contribution in [3.8, 4) is 0 Å². The van der Waals surface area contributed by atoms with Crippen molar-refractivity contribution in [1.82, 2.24) is 4.98 Å². The van der Waals surface area contributed by atoms with Gasteiger partial charge in [-0.3, -0.25) is 9.59 Å². The lowest BCUT2D eigenvalue weighted by atomic mass is 10.2. The number of ether oxygens (including phenoxy) is 1. The zero-order valence-electron chi connectivity index (χ0n) is 12.9. The molecule has 0 radical (unpaired) electrons. The van der Waals surface area contributed by atoms with Crippen LogP contribution < -0.4 is 5.32 Å². The Morgan fingerprint density at radius 1 is 1.21 bits per heavy atom. The first-order valence-corrected chi connectivity index (χ1v) is 6.94. The predicted octanol–water partition coefficient (Wildman–Crippen LogP) is 2.68. The number of aromatic amines is 1. The van der Waals surface area contributed by atoms with Gasteiger partial charge in [0, 0.05) is 11.8 Å². The number of carbonyl (C=O) groups excluding carboxylic acids is 3. The van der Waals surface area contributed by atoms with Crippen molar-refractivity contribution in [2.75, 3.05) is 5.32 Å². The van der Waals surface area contributed by atoms with Crippen LogP contribution in [0.5, 0.6) is 0 Å². The highest BCUT2D eigenvalue weighted by atomic mass is 19.1. The van der Waals surface area contributed by atoms with Crippen molar-refractivity contribution in [2.45, 2.75) is 20.0 Å². The number of amides is 1. The van der Waals surface area contributed by atoms with E-state index < -0.39 is 35.3 Å². The first kappa shape index (κ1) is 17.3. The van der Waals surface area contributed by atoms with E-state index >= 15 is 0 Å². The molecule has 0 saturated heterocycles. The molecular weight excluding hydrogens is 322 g/mol. The maximum Gasteiger partial charge on any atom is 0.355 e. The van der Waals surface area contributed by atoms with Gasteiger partial charge in [0.25, 0.3) is 5.91 Å². The molecule has 0 unspecified atom stereocenters. The van der Waals surface area contributed by atoms with Gasteiger partial charge in [0.15, 0.2) is 11.9 Å². The second-order valence-corrected chi connectivity index (χ2v) is 4.99. The summed E-state index contributed by atoms with van der Waals surface area (Å²) in [6.07, 6.45) is 0.0267. The van der Waals surface area contributed by atoms with E-state index in [-0.39, 0.29) is 17.0 Å². The van der Waals surface area contributed by atoms with Crippen LogP contribution in [0, 0.1) is 11.6 Å². The third-order valence-corrected chi connectivity index (χ3v) is 3.17. The SMILES string of the molecule is CC(=O)c1c[nH]c(C(=O)O[C@@H](C)C(=O)Nc2c(F)cccc2F)c1. The number of ketones is 1. The Morgan fingerprint density at radius 3 is 2.38 bits per heavy atom. The summed E-state index contributed by atoms with van der Waals surface area (Å²) in [4.78, 5) is 37.5. The molecule has 1 amide bonds. The summed E-state index contributed by atoms with van der Waals surface area (Å²) in [7, 11) is 0. The van der Waals surface area contributed by atoms with Crippen molar-refractivity contribution >= 4 is 23.3 Å². The van der Waals surface area contributed by atoms with E-state index in [1.165, 1.54) is 26.1 Å². The molecule has 0 saturated carbocycles. The zero-order valence-corrected chi connectivity index (χ0v) is 12.9. The maximum absolute atomic E-state index is 13.5. The lowest BCUT2D eigenvalue weighted by Gasteiger charge is -2.13. The molecule has 24 heavy (non-hydrogen) atoms. The van der Waals surface area contributed by atoms with Crippen LogP contribution in [0.4, 0.5) is 14.5 Å². The highest BCUT2D eigenvalue weighted by Gasteiger charge is 2.22. The van der Waals surface area contributed by atoms with Crippen molar-refractivity contribution in [2.24, 2.45) is 0 Å². The second kappa shape index (κ2) is 7.03. The molecule has 1 atom stereocenters. The quantitative estimate of drug-likeness (QED) is 0.649. The molecule has 0 fully saturated rings. The molecule has 0 spiro atoms. The predicted molar refractivity (Wildman–Crippen MR) is 80.7 cm³/mol. The zero-order chi connectivity index (χ0) is 17.9. The van der Waals surface area contributed by atoms with E-state index in [1.54, 1.807) is 0 Å². The number of H-pyrrole nitrogens is 1. The Labute approximate surface area is 135 Å². The van der Waals surface area contributed by atoms with Gasteiger partial charge in [-0.15, -0.1) is 0 Å². The van der Waals surface area contributed by atoms with E-state index in [0.717, 1.165) is 18.2 Å². The number of nitrogens with one attached hydrogen (secondary N) is 2. The molecule has 2 aromatic rings. The van der Waals surface area contributed by atoms with E-state index in [9.17, 15) is 23.2 Å². The van der Waals surface area contributed by atoms with Gasteiger partial charge in [-0.1, -0.05) is 6.07 Å². The molecule has 1 heterocycles. The van der Waals surface area contributed by atoms with E-state index in [1.807, 2.05) is 5.32 Å². The fraction of sp³-hybridized carbons (Fsp3) is 0.188. The topological polar surface area (TPSA) is 88.3 Å². The van der Waals surface area contributed by atoms with Crippen molar-refractivity contribution in [3.63, 3.8) is 0 Å². The lowest BCUT2D eigenvalue weighted by molar-refractivity contribution is -0.123. The number of anilines is 1. The summed E-state index contributed by atoms with van der Waals surface area (Å²) in [6.45, 7) is 2.58. The van der Waals surface area contributed by atoms with Gasteiger partial charge in [0.05, 0.1) is 0 Å². The number of halogens is 2. The van der Waals surface area contributed by atoms with Gasteiger partial charge in [0.2, 0.25) is 0 Å². The van der Waals surface area contributed by atoms with Crippen molar-refractivity contribution in [1.29, 1.82) is 0 Å². The fourth-order valence-electron chi connectivity index (χ4n) is 1.84. The van der Waals surface area contributed by atoms with Gasteiger partial charge < -0.3 is 15.0 Å². The second-order valence-electron chi connectivity index (χ2n) is 4.99. The van der Waals surface area contributed by atoms with Gasteiger partial charge in [-0.2, -0.15) is 0 Å². The average molecular weight is 336 g/mol. The third-order valence-electron chi connectivity index (χ3n) is 3.17. The molecule has 2 N–H and O–H groups in total. The van der Waals surface area contributed by atoms with E-state index in [0.29, 0.717) is 0 Å². The first-order valence-electron chi connectivity index (χ1n) is 6.94. The van der Waals surface area contributed by atoms with Crippen LogP contribution in [-0.4, -0.2) is 28.7 Å². The highest BCUT2D eigenvalue weighted by molar-refractivity contribution is 5.99. The van der Waals surface area contributed by atoms with E-state index in [2.05, 4.69) is 4.98 Å². The van der Waals surface area contributed by atoms with Crippen LogP contribution in [0.25, 0.3) is 0 Å².